The van der Waals surface area contributed by atoms with Crippen LogP contribution in [0.4, 0.5) is 0 Å². The van der Waals surface area contributed by atoms with E-state index in [1.54, 1.807) is 0 Å². The van der Waals surface area contributed by atoms with E-state index in [1.807, 2.05) is 0 Å². The summed E-state index contributed by atoms with van der Waals surface area (Å²) < 4.78 is 0. The molecule has 0 bridgehead atoms. The first-order chi connectivity index (χ1) is 6.48. The highest BCUT2D eigenvalue weighted by Crippen LogP contribution is 2.28. The summed E-state index contributed by atoms with van der Waals surface area (Å²) in [7, 11) is 0. The van der Waals surface area contributed by atoms with Gasteiger partial charge < -0.3 is 6.15 Å². The molecule has 0 radical (unpaired) electrons. The summed E-state index contributed by atoms with van der Waals surface area (Å²) in [5.74, 6) is 0.635. The molecule has 0 amide bonds. The van der Waals surface area contributed by atoms with Crippen LogP contribution in [0.15, 0.2) is 0 Å². The predicted molar refractivity (Wildman–Crippen MR) is 72.1 cm³/mol. The first kappa shape index (κ1) is 17.6. The highest BCUT2D eigenvalue weighted by Gasteiger charge is 2.21. The molecule has 0 rings (SSSR count). The van der Waals surface area contributed by atoms with Gasteiger partial charge in [-0.25, -0.2) is 0 Å². The number of hydrogen-bond acceptors (Lipinski definition) is 1. The van der Waals surface area contributed by atoms with E-state index in [0.29, 0.717) is 5.92 Å². The lowest BCUT2D eigenvalue weighted by Gasteiger charge is -2.24. The molecule has 0 aliphatic rings. The third kappa shape index (κ3) is 10.5. The van der Waals surface area contributed by atoms with Crippen LogP contribution in [0.3, 0.4) is 0 Å². The number of alkyl halides is 1. The van der Waals surface area contributed by atoms with E-state index in [2.05, 4.69) is 27.7 Å². The summed E-state index contributed by atoms with van der Waals surface area (Å²) in [4.78, 5) is -0.0244. The highest BCUT2D eigenvalue weighted by molar-refractivity contribution is 6.23. The molecule has 3 N–H and O–H groups in total. The van der Waals surface area contributed by atoms with Gasteiger partial charge in [0.05, 0.1) is 0 Å². The van der Waals surface area contributed by atoms with Gasteiger partial charge in [0.25, 0.3) is 0 Å². The van der Waals surface area contributed by atoms with Crippen molar-refractivity contribution in [1.29, 1.82) is 0 Å². The summed E-state index contributed by atoms with van der Waals surface area (Å²) >= 11 is 6.25. The molecule has 0 heterocycles. The molecule has 0 aromatic carbocycles. The minimum absolute atomic E-state index is 0. The van der Waals surface area contributed by atoms with Crippen molar-refractivity contribution in [3.8, 4) is 0 Å². The molecule has 0 saturated heterocycles. The van der Waals surface area contributed by atoms with Crippen LogP contribution in [-0.2, 0) is 0 Å². The SMILES string of the molecule is CCCCCCCCC(C)C(C)(C)Cl.N. The fourth-order valence-electron chi connectivity index (χ4n) is 1.57. The van der Waals surface area contributed by atoms with Crippen molar-refractivity contribution in [3.05, 3.63) is 0 Å². The molecule has 0 aliphatic heterocycles. The molecule has 15 heavy (non-hydrogen) atoms. The van der Waals surface area contributed by atoms with Gasteiger partial charge >= 0.3 is 0 Å². The second-order valence-corrected chi connectivity index (χ2v) is 6.00. The largest absolute Gasteiger partial charge is 0.344 e. The van der Waals surface area contributed by atoms with Crippen molar-refractivity contribution < 1.29 is 0 Å². The zero-order valence-electron chi connectivity index (χ0n) is 11.1. The van der Waals surface area contributed by atoms with Crippen molar-refractivity contribution in [1.82, 2.24) is 6.15 Å². The average molecular weight is 236 g/mol. The Balaban J connectivity index is 0. The lowest BCUT2D eigenvalue weighted by atomic mass is 9.91. The van der Waals surface area contributed by atoms with E-state index in [9.17, 15) is 0 Å². The first-order valence-corrected chi connectivity index (χ1v) is 6.55. The third-order valence-corrected chi connectivity index (χ3v) is 3.54. The Bertz CT molecular complexity index is 129. The van der Waals surface area contributed by atoms with Crippen LogP contribution in [0.1, 0.15) is 72.6 Å². The Labute approximate surface area is 102 Å². The second kappa shape index (κ2) is 9.47. The zero-order valence-corrected chi connectivity index (χ0v) is 11.9. The smallest absolute Gasteiger partial charge is 0.0416 e. The Morgan fingerprint density at radius 3 is 1.93 bits per heavy atom. The van der Waals surface area contributed by atoms with E-state index < -0.39 is 0 Å². The van der Waals surface area contributed by atoms with Gasteiger partial charge in [-0.1, -0.05) is 52.4 Å². The molecule has 1 nitrogen and oxygen atoms in total. The molecule has 1 unspecified atom stereocenters. The molecule has 0 spiro atoms. The van der Waals surface area contributed by atoms with Crippen molar-refractivity contribution in [2.24, 2.45) is 5.92 Å². The summed E-state index contributed by atoms with van der Waals surface area (Å²) in [6.45, 7) is 8.77. The van der Waals surface area contributed by atoms with E-state index in [1.165, 1.54) is 44.9 Å². The molecular weight excluding hydrogens is 206 g/mol. The lowest BCUT2D eigenvalue weighted by Crippen LogP contribution is -2.21. The van der Waals surface area contributed by atoms with Crippen molar-refractivity contribution >= 4 is 11.6 Å². The van der Waals surface area contributed by atoms with Gasteiger partial charge in [-0.2, -0.15) is 0 Å². The van der Waals surface area contributed by atoms with Gasteiger partial charge in [0, 0.05) is 4.87 Å². The van der Waals surface area contributed by atoms with E-state index in [-0.39, 0.29) is 11.0 Å². The monoisotopic (exact) mass is 235 g/mol. The van der Waals surface area contributed by atoms with Crippen molar-refractivity contribution in [3.63, 3.8) is 0 Å². The normalized spacial score (nSPS) is 13.4. The summed E-state index contributed by atoms with van der Waals surface area (Å²) in [6.07, 6.45) is 9.57. The molecule has 0 aromatic rings. The van der Waals surface area contributed by atoms with Crippen LogP contribution in [0.5, 0.6) is 0 Å². The minimum Gasteiger partial charge on any atom is -0.344 e. The van der Waals surface area contributed by atoms with Crippen LogP contribution in [0, 0.1) is 5.92 Å². The minimum atomic E-state index is -0.0244. The molecule has 0 fully saturated rings. The lowest BCUT2D eigenvalue weighted by molar-refractivity contribution is 0.400. The van der Waals surface area contributed by atoms with Gasteiger partial charge in [0.15, 0.2) is 0 Å². The Morgan fingerprint density at radius 2 is 1.47 bits per heavy atom. The van der Waals surface area contributed by atoms with Gasteiger partial charge in [-0.15, -0.1) is 11.6 Å². The van der Waals surface area contributed by atoms with Gasteiger partial charge in [-0.3, -0.25) is 0 Å². The highest BCUT2D eigenvalue weighted by atomic mass is 35.5. The molecule has 0 aliphatic carbocycles. The zero-order chi connectivity index (χ0) is 11.0. The number of hydrogen-bond donors (Lipinski definition) is 1. The van der Waals surface area contributed by atoms with Gasteiger partial charge in [-0.05, 0) is 26.2 Å². The van der Waals surface area contributed by atoms with E-state index in [4.69, 9.17) is 11.6 Å². The summed E-state index contributed by atoms with van der Waals surface area (Å²) in [5, 5.41) is 0. The number of rotatable bonds is 8. The Morgan fingerprint density at radius 1 is 1.00 bits per heavy atom. The van der Waals surface area contributed by atoms with Crippen LogP contribution in [-0.4, -0.2) is 4.87 Å². The van der Waals surface area contributed by atoms with Crippen LogP contribution < -0.4 is 6.15 Å². The third-order valence-electron chi connectivity index (χ3n) is 3.16. The standard InChI is InChI=1S/C13H27Cl.H3N/c1-5-6-7-8-9-10-11-12(2)13(3,4)14;/h12H,5-11H2,1-4H3;1H3. The van der Waals surface area contributed by atoms with Gasteiger partial charge in [0.2, 0.25) is 0 Å². The Kier molecular flexibility index (Phi) is 11.1. The fourth-order valence-corrected chi connectivity index (χ4v) is 1.68. The fraction of sp³-hybridized carbons (Fsp3) is 1.00. The molecule has 0 saturated carbocycles. The quantitative estimate of drug-likeness (QED) is 0.434. The number of unbranched alkanes of at least 4 members (excludes halogenated alkanes) is 5. The van der Waals surface area contributed by atoms with Crippen LogP contribution in [0.25, 0.3) is 0 Å². The maximum absolute atomic E-state index is 6.25. The average Bonchev–Trinajstić information content (AvgIpc) is 2.09. The van der Waals surface area contributed by atoms with Crippen LogP contribution in [0.2, 0.25) is 0 Å². The molecular formula is C13H30ClN. The van der Waals surface area contributed by atoms with Gasteiger partial charge in [0.1, 0.15) is 0 Å². The van der Waals surface area contributed by atoms with Crippen molar-refractivity contribution in [2.45, 2.75) is 77.5 Å². The first-order valence-electron chi connectivity index (χ1n) is 6.17. The van der Waals surface area contributed by atoms with E-state index >= 15 is 0 Å². The molecule has 94 valence electrons. The number of halogens is 1. The summed E-state index contributed by atoms with van der Waals surface area (Å²) in [5.41, 5.74) is 0. The topological polar surface area (TPSA) is 35.0 Å². The molecule has 2 heteroatoms. The van der Waals surface area contributed by atoms with Crippen LogP contribution >= 0.6 is 11.6 Å². The maximum Gasteiger partial charge on any atom is 0.0416 e. The van der Waals surface area contributed by atoms with Crippen molar-refractivity contribution in [2.75, 3.05) is 0 Å². The second-order valence-electron chi connectivity index (χ2n) is 5.02. The Hall–Kier alpha value is 0.250. The molecule has 0 aromatic heterocycles. The predicted octanol–water partition coefficient (Wildman–Crippen LogP) is 5.55. The maximum atomic E-state index is 6.25. The summed E-state index contributed by atoms with van der Waals surface area (Å²) in [6, 6.07) is 0. The molecule has 1 atom stereocenters. The van der Waals surface area contributed by atoms with E-state index in [0.717, 1.165) is 0 Å².